The minimum Gasteiger partial charge on any atom is -0.308 e. The largest absolute Gasteiger partial charge is 0.308 e. The molecule has 19 heavy (non-hydrogen) atoms. The highest BCUT2D eigenvalue weighted by Crippen LogP contribution is 2.26. The Hall–Kier alpha value is -1.47. The van der Waals surface area contributed by atoms with E-state index in [1.165, 1.54) is 11.3 Å². The second kappa shape index (κ2) is 5.66. The molecule has 0 aliphatic carbocycles. The van der Waals surface area contributed by atoms with Gasteiger partial charge in [0.15, 0.2) is 17.5 Å². The van der Waals surface area contributed by atoms with Crippen LogP contribution in [0.2, 0.25) is 0 Å². The lowest BCUT2D eigenvalue weighted by Crippen LogP contribution is -2.21. The highest BCUT2D eigenvalue weighted by atomic mass is 32.1. The van der Waals surface area contributed by atoms with Crippen LogP contribution in [0.15, 0.2) is 12.1 Å². The minimum absolute atomic E-state index is 0.185. The second-order valence-electron chi connectivity index (χ2n) is 4.29. The SMILES string of the molecule is CC(C)NCc1nnc(-c2cc(F)c(F)c(F)c2)s1. The van der Waals surface area contributed by atoms with Crippen molar-refractivity contribution in [3.8, 4) is 10.6 Å². The van der Waals surface area contributed by atoms with Crippen molar-refractivity contribution in [1.82, 2.24) is 15.5 Å². The van der Waals surface area contributed by atoms with Gasteiger partial charge in [0.05, 0.1) is 0 Å². The van der Waals surface area contributed by atoms with Gasteiger partial charge in [0.1, 0.15) is 10.0 Å². The number of aromatic nitrogens is 2. The van der Waals surface area contributed by atoms with Crippen LogP contribution in [0.5, 0.6) is 0 Å². The predicted octanol–water partition coefficient (Wildman–Crippen LogP) is 3.12. The molecule has 2 aromatic rings. The molecule has 0 amide bonds. The highest BCUT2D eigenvalue weighted by molar-refractivity contribution is 7.14. The molecule has 1 N–H and O–H groups in total. The Morgan fingerprint density at radius 3 is 2.37 bits per heavy atom. The van der Waals surface area contributed by atoms with E-state index in [2.05, 4.69) is 15.5 Å². The molecule has 0 radical (unpaired) electrons. The summed E-state index contributed by atoms with van der Waals surface area (Å²) in [6.07, 6.45) is 0. The van der Waals surface area contributed by atoms with Gasteiger partial charge in [0, 0.05) is 18.2 Å². The molecule has 1 aromatic heterocycles. The molecule has 102 valence electrons. The third-order valence-corrected chi connectivity index (χ3v) is 3.33. The number of hydrogen-bond donors (Lipinski definition) is 1. The van der Waals surface area contributed by atoms with E-state index in [4.69, 9.17) is 0 Å². The van der Waals surface area contributed by atoms with Crippen LogP contribution in [0.3, 0.4) is 0 Å². The zero-order chi connectivity index (χ0) is 14.0. The Balaban J connectivity index is 2.23. The van der Waals surface area contributed by atoms with E-state index in [1.54, 1.807) is 0 Å². The van der Waals surface area contributed by atoms with E-state index >= 15 is 0 Å². The van der Waals surface area contributed by atoms with Gasteiger partial charge in [-0.2, -0.15) is 0 Å². The van der Waals surface area contributed by atoms with E-state index in [9.17, 15) is 13.2 Å². The number of benzene rings is 1. The number of nitrogens with one attached hydrogen (secondary N) is 1. The summed E-state index contributed by atoms with van der Waals surface area (Å²) >= 11 is 1.21. The fourth-order valence-corrected chi connectivity index (χ4v) is 2.19. The lowest BCUT2D eigenvalue weighted by Gasteiger charge is -2.03. The standard InChI is InChI=1S/C12H12F3N3S/c1-6(2)16-5-10-17-18-12(19-10)7-3-8(13)11(15)9(14)4-7/h3-4,6,16H,5H2,1-2H3. The van der Waals surface area contributed by atoms with Crippen LogP contribution in [0.4, 0.5) is 13.2 Å². The Labute approximate surface area is 112 Å². The van der Waals surface area contributed by atoms with Gasteiger partial charge in [-0.25, -0.2) is 13.2 Å². The van der Waals surface area contributed by atoms with Crippen LogP contribution in [-0.4, -0.2) is 16.2 Å². The number of hydrogen-bond acceptors (Lipinski definition) is 4. The van der Waals surface area contributed by atoms with Gasteiger partial charge in [-0.15, -0.1) is 10.2 Å². The predicted molar refractivity (Wildman–Crippen MR) is 67.2 cm³/mol. The Morgan fingerprint density at radius 2 is 1.79 bits per heavy atom. The third-order valence-electron chi connectivity index (χ3n) is 2.36. The molecule has 2 rings (SSSR count). The van der Waals surface area contributed by atoms with Crippen molar-refractivity contribution in [1.29, 1.82) is 0 Å². The maximum atomic E-state index is 13.1. The van der Waals surface area contributed by atoms with Gasteiger partial charge >= 0.3 is 0 Å². The smallest absolute Gasteiger partial charge is 0.194 e. The maximum Gasteiger partial charge on any atom is 0.194 e. The van der Waals surface area contributed by atoms with Crippen LogP contribution in [0.1, 0.15) is 18.9 Å². The molecule has 1 aromatic carbocycles. The number of rotatable bonds is 4. The summed E-state index contributed by atoms with van der Waals surface area (Å²) < 4.78 is 39.1. The van der Waals surface area contributed by atoms with Gasteiger partial charge in [-0.3, -0.25) is 0 Å². The van der Waals surface area contributed by atoms with Crippen molar-refractivity contribution in [3.05, 3.63) is 34.6 Å². The first-order valence-electron chi connectivity index (χ1n) is 5.68. The van der Waals surface area contributed by atoms with Crippen molar-refractivity contribution >= 4 is 11.3 Å². The lowest BCUT2D eigenvalue weighted by atomic mass is 10.2. The van der Waals surface area contributed by atoms with Gasteiger partial charge in [0.25, 0.3) is 0 Å². The zero-order valence-corrected chi connectivity index (χ0v) is 11.2. The summed E-state index contributed by atoms with van der Waals surface area (Å²) in [5.74, 6) is -3.94. The van der Waals surface area contributed by atoms with Gasteiger partial charge in [-0.05, 0) is 12.1 Å². The molecule has 0 atom stereocenters. The Morgan fingerprint density at radius 1 is 1.16 bits per heavy atom. The summed E-state index contributed by atoms with van der Waals surface area (Å²) in [6, 6.07) is 2.13. The molecule has 0 saturated heterocycles. The topological polar surface area (TPSA) is 37.8 Å². The highest BCUT2D eigenvalue weighted by Gasteiger charge is 2.14. The van der Waals surface area contributed by atoms with E-state index < -0.39 is 17.5 Å². The molecule has 0 fully saturated rings. The normalized spacial score (nSPS) is 11.3. The molecule has 1 heterocycles. The van der Waals surface area contributed by atoms with E-state index in [0.29, 0.717) is 22.6 Å². The van der Waals surface area contributed by atoms with Gasteiger partial charge in [0.2, 0.25) is 0 Å². The van der Waals surface area contributed by atoms with E-state index in [1.807, 2.05) is 13.8 Å². The first kappa shape index (κ1) is 14.0. The summed E-state index contributed by atoms with van der Waals surface area (Å²) in [4.78, 5) is 0. The van der Waals surface area contributed by atoms with Crippen LogP contribution in [0.25, 0.3) is 10.6 Å². The monoisotopic (exact) mass is 287 g/mol. The van der Waals surface area contributed by atoms with Crippen LogP contribution >= 0.6 is 11.3 Å². The van der Waals surface area contributed by atoms with Crippen molar-refractivity contribution in [2.75, 3.05) is 0 Å². The van der Waals surface area contributed by atoms with Gasteiger partial charge < -0.3 is 5.32 Å². The molecule has 3 nitrogen and oxygen atoms in total. The summed E-state index contributed by atoms with van der Waals surface area (Å²) in [5, 5.41) is 12.0. The number of nitrogens with zero attached hydrogens (tertiary/aromatic N) is 2. The zero-order valence-electron chi connectivity index (χ0n) is 10.4. The van der Waals surface area contributed by atoms with E-state index in [0.717, 1.165) is 12.1 Å². The van der Waals surface area contributed by atoms with Crippen molar-refractivity contribution < 1.29 is 13.2 Å². The van der Waals surface area contributed by atoms with Crippen LogP contribution in [-0.2, 0) is 6.54 Å². The van der Waals surface area contributed by atoms with Crippen molar-refractivity contribution in [2.45, 2.75) is 26.4 Å². The Kier molecular flexibility index (Phi) is 4.16. The molecule has 0 bridgehead atoms. The average molecular weight is 287 g/mol. The molecular formula is C12H12F3N3S. The molecule has 0 spiro atoms. The van der Waals surface area contributed by atoms with Crippen LogP contribution in [0, 0.1) is 17.5 Å². The molecule has 0 saturated carbocycles. The van der Waals surface area contributed by atoms with Crippen molar-refractivity contribution in [3.63, 3.8) is 0 Å². The first-order valence-corrected chi connectivity index (χ1v) is 6.49. The lowest BCUT2D eigenvalue weighted by molar-refractivity contribution is 0.447. The van der Waals surface area contributed by atoms with E-state index in [-0.39, 0.29) is 5.56 Å². The average Bonchev–Trinajstić information content (AvgIpc) is 2.81. The minimum atomic E-state index is -1.48. The maximum absolute atomic E-state index is 13.1. The summed E-state index contributed by atoms with van der Waals surface area (Å²) in [5.41, 5.74) is 0.185. The molecule has 7 heteroatoms. The quantitative estimate of drug-likeness (QED) is 0.878. The fraction of sp³-hybridized carbons (Fsp3) is 0.333. The van der Waals surface area contributed by atoms with Crippen LogP contribution < -0.4 is 5.32 Å². The number of halogens is 3. The molecule has 0 unspecified atom stereocenters. The molecular weight excluding hydrogens is 275 g/mol. The van der Waals surface area contributed by atoms with Gasteiger partial charge in [-0.1, -0.05) is 25.2 Å². The molecule has 0 aliphatic heterocycles. The second-order valence-corrected chi connectivity index (χ2v) is 5.35. The Bertz CT molecular complexity index is 560. The van der Waals surface area contributed by atoms with Crippen molar-refractivity contribution in [2.24, 2.45) is 0 Å². The summed E-state index contributed by atoms with van der Waals surface area (Å²) in [6.45, 7) is 4.51. The molecule has 0 aliphatic rings. The third kappa shape index (κ3) is 3.30. The summed E-state index contributed by atoms with van der Waals surface area (Å²) in [7, 11) is 0. The fourth-order valence-electron chi connectivity index (χ4n) is 1.41. The first-order chi connectivity index (χ1) is 8.97.